The number of amides is 5. The number of aryl methyl sites for hydroxylation is 2. The molecule has 5 amide bonds. The molecule has 0 spiro atoms. The summed E-state index contributed by atoms with van der Waals surface area (Å²) >= 11 is 1.57. The molecule has 4 heterocycles. The smallest absolute Gasteiger partial charge is 0.248 e. The number of hydrogen-bond donors (Lipinski definition) is 5. The van der Waals surface area contributed by atoms with Gasteiger partial charge in [0.2, 0.25) is 35.5 Å². The number of nitrogens with zero attached hydrogens (tertiary/aromatic N) is 9. The predicted molar refractivity (Wildman–Crippen MR) is 320 cm³/mol. The van der Waals surface area contributed by atoms with Gasteiger partial charge in [-0.1, -0.05) is 69.3 Å². The van der Waals surface area contributed by atoms with Gasteiger partial charge in [0.25, 0.3) is 0 Å². The number of ether oxygens (including phenoxy) is 1. The summed E-state index contributed by atoms with van der Waals surface area (Å²) in [5.41, 5.74) is 8.66. The van der Waals surface area contributed by atoms with Gasteiger partial charge in [0, 0.05) is 127 Å². The summed E-state index contributed by atoms with van der Waals surface area (Å²) in [5.74, 6) is -0.792. The van der Waals surface area contributed by atoms with Crippen LogP contribution in [-0.2, 0) is 37.6 Å². The number of aliphatic hydroxyl groups excluding tert-OH is 1. The molecule has 3 aromatic carbocycles. The lowest BCUT2D eigenvalue weighted by molar-refractivity contribution is -0.144. The molecular formula is C60H79N13O7S. The first-order valence-electron chi connectivity index (χ1n) is 27.3. The van der Waals surface area contributed by atoms with E-state index in [4.69, 9.17) is 9.72 Å². The Morgan fingerprint density at radius 2 is 1.68 bits per heavy atom. The van der Waals surface area contributed by atoms with Crippen molar-refractivity contribution >= 4 is 74.8 Å². The number of methoxy groups -OCH3 is 1. The summed E-state index contributed by atoms with van der Waals surface area (Å²) in [5, 5.41) is 24.0. The van der Waals surface area contributed by atoms with Crippen LogP contribution in [0.1, 0.15) is 57.7 Å². The summed E-state index contributed by atoms with van der Waals surface area (Å²) in [4.78, 5) is 91.8. The van der Waals surface area contributed by atoms with E-state index >= 15 is 0 Å². The van der Waals surface area contributed by atoms with E-state index in [0.717, 1.165) is 56.1 Å². The molecule has 3 aromatic heterocycles. The molecule has 0 radical (unpaired) electrons. The maximum Gasteiger partial charge on any atom is 0.248 e. The number of benzene rings is 3. The number of thiazole rings is 1. The number of hydrogen-bond acceptors (Lipinski definition) is 15. The number of anilines is 4. The van der Waals surface area contributed by atoms with Gasteiger partial charge in [-0.25, -0.2) is 15.0 Å². The summed E-state index contributed by atoms with van der Waals surface area (Å²) < 4.78 is 7.94. The van der Waals surface area contributed by atoms with Gasteiger partial charge in [0.15, 0.2) is 0 Å². The van der Waals surface area contributed by atoms with E-state index in [1.807, 2.05) is 128 Å². The minimum atomic E-state index is -0.982. The molecule has 20 nitrogen and oxygen atoms in total. The number of carbonyl (C=O) groups excluding carboxylic acids is 5. The Morgan fingerprint density at radius 1 is 0.926 bits per heavy atom. The summed E-state index contributed by atoms with van der Waals surface area (Å²) in [6.45, 7) is 10.5. The monoisotopic (exact) mass is 1130 g/mol. The standard InChI is InChI=1S/C60H79N13O7S/c1-39-55(81-38-63-39)41-23-21-40(22-24-41)35-62-57(78)50-32-42(74)36-73(50)58(79)56(60(2,3)4)67-53(76)18-14-20-54(77)71(9)31-29-69(7)27-15-19-52(75)64-46-33-47(51(80-11)34-49(46)70(8)30-28-68(5)6)66-59-61-26-25-45(65-59)44-37-72(10)48-17-13-12-16-43(44)48/h12-13,15-17,19,21-26,33-34,37-38,42,50,56,74H,14,18,20,27-32,35-36H2,1-11H3,(H,62,78)(H,64,75)(H,67,76)(H,61,65,66). The van der Waals surface area contributed by atoms with Crippen LogP contribution < -0.4 is 30.9 Å². The molecule has 3 atom stereocenters. The fourth-order valence-electron chi connectivity index (χ4n) is 9.61. The Morgan fingerprint density at radius 3 is 2.38 bits per heavy atom. The largest absolute Gasteiger partial charge is 0.494 e. The Labute approximate surface area is 479 Å². The molecule has 1 fully saturated rings. The molecule has 1 aliphatic heterocycles. The molecule has 21 heteroatoms. The first-order chi connectivity index (χ1) is 38.6. The number of likely N-dealkylation sites (tertiary alicyclic amines) is 1. The van der Waals surface area contributed by atoms with Crippen molar-refractivity contribution < 1.29 is 33.8 Å². The maximum absolute atomic E-state index is 14.1. The number of β-amino-alcohol motifs (C(OH)–C–C–N with tert-alkyl or cyclic N) is 1. The van der Waals surface area contributed by atoms with Gasteiger partial charge in [0.1, 0.15) is 17.8 Å². The highest BCUT2D eigenvalue weighted by Crippen LogP contribution is 2.39. The second-order valence-electron chi connectivity index (χ2n) is 22.1. The van der Waals surface area contributed by atoms with Gasteiger partial charge in [0.05, 0.1) is 52.1 Å². The van der Waals surface area contributed by atoms with E-state index in [1.165, 1.54) is 11.0 Å². The number of para-hydroxylation sites is 1. The van der Waals surface area contributed by atoms with E-state index in [9.17, 15) is 29.1 Å². The van der Waals surface area contributed by atoms with Crippen LogP contribution in [0.4, 0.5) is 23.0 Å². The number of aliphatic hydroxyl groups is 1. The van der Waals surface area contributed by atoms with Crippen LogP contribution in [0.5, 0.6) is 5.75 Å². The molecular weight excluding hydrogens is 1050 g/mol. The lowest BCUT2D eigenvalue weighted by atomic mass is 9.85. The topological polar surface area (TPSA) is 223 Å². The van der Waals surface area contributed by atoms with Gasteiger partial charge < -0.3 is 60.2 Å². The number of aromatic nitrogens is 4. The highest BCUT2D eigenvalue weighted by atomic mass is 32.1. The fourth-order valence-corrected chi connectivity index (χ4v) is 10.4. The third-order valence-electron chi connectivity index (χ3n) is 14.4. The number of nitrogens with one attached hydrogen (secondary N) is 4. The van der Waals surface area contributed by atoms with Crippen LogP contribution in [0.3, 0.4) is 0 Å². The van der Waals surface area contributed by atoms with Crippen LogP contribution in [0, 0.1) is 12.3 Å². The molecule has 1 aliphatic rings. The molecule has 0 saturated carbocycles. The molecule has 7 rings (SSSR count). The molecule has 6 aromatic rings. The highest BCUT2D eigenvalue weighted by molar-refractivity contribution is 7.13. The van der Waals surface area contributed by atoms with Gasteiger partial charge in [-0.15, -0.1) is 11.3 Å². The Kier molecular flexibility index (Phi) is 20.8. The molecule has 3 unspecified atom stereocenters. The van der Waals surface area contributed by atoms with Crippen molar-refractivity contribution in [3.8, 4) is 27.4 Å². The van der Waals surface area contributed by atoms with Gasteiger partial charge in [-0.3, -0.25) is 24.0 Å². The molecule has 432 valence electrons. The predicted octanol–water partition coefficient (Wildman–Crippen LogP) is 6.68. The van der Waals surface area contributed by atoms with Gasteiger partial charge in [-0.2, -0.15) is 0 Å². The van der Waals surface area contributed by atoms with Crippen molar-refractivity contribution in [1.82, 2.24) is 49.8 Å². The molecule has 0 aliphatic carbocycles. The molecule has 1 saturated heterocycles. The Bertz CT molecular complexity index is 3190. The zero-order chi connectivity index (χ0) is 58.5. The third kappa shape index (κ3) is 16.2. The number of carbonyl (C=O) groups is 5. The van der Waals surface area contributed by atoms with E-state index < -0.39 is 35.4 Å². The van der Waals surface area contributed by atoms with E-state index in [2.05, 4.69) is 63.9 Å². The SMILES string of the molecule is COc1cc(N(C)CCN(C)C)c(NC(=O)C=CCN(C)CCN(C)C(=O)CCCC(=O)NC(C(=O)N2CC(O)CC2C(=O)NCc2ccc(-c3scnc3C)cc2)C(C)(C)C)cc1Nc1nccc(-c2cn(C)c3ccccc23)n1. The number of likely N-dealkylation sites (N-methyl/N-ethyl adjacent to an activating group) is 4. The van der Waals surface area contributed by atoms with Crippen LogP contribution in [-0.4, -0.2) is 174 Å². The average molecular weight is 1130 g/mol. The van der Waals surface area contributed by atoms with Gasteiger partial charge >= 0.3 is 0 Å². The second-order valence-corrected chi connectivity index (χ2v) is 23.0. The van der Waals surface area contributed by atoms with Crippen LogP contribution in [0.2, 0.25) is 0 Å². The van der Waals surface area contributed by atoms with Crippen molar-refractivity contribution in [3.05, 3.63) is 108 Å². The van der Waals surface area contributed by atoms with Crippen LogP contribution in [0.25, 0.3) is 32.6 Å². The maximum atomic E-state index is 14.1. The van der Waals surface area contributed by atoms with Crippen LogP contribution >= 0.6 is 11.3 Å². The summed E-state index contributed by atoms with van der Waals surface area (Å²) in [6.07, 6.45) is 6.59. The fraction of sp³-hybridized carbons (Fsp3) is 0.433. The van der Waals surface area contributed by atoms with E-state index in [-0.39, 0.29) is 56.5 Å². The quantitative estimate of drug-likeness (QED) is 0.0378. The highest BCUT2D eigenvalue weighted by Gasteiger charge is 2.44. The van der Waals surface area contributed by atoms with E-state index in [0.29, 0.717) is 49.3 Å². The molecule has 0 bridgehead atoms. The van der Waals surface area contributed by atoms with Crippen molar-refractivity contribution in [2.75, 3.05) is 97.2 Å². The zero-order valence-corrected chi connectivity index (χ0v) is 49.4. The minimum absolute atomic E-state index is 0.0111. The lowest BCUT2D eigenvalue weighted by Crippen LogP contribution is -2.57. The molecule has 5 N–H and O–H groups in total. The first-order valence-corrected chi connectivity index (χ1v) is 28.2. The van der Waals surface area contributed by atoms with Crippen molar-refractivity contribution in [3.63, 3.8) is 0 Å². The van der Waals surface area contributed by atoms with Crippen molar-refractivity contribution in [2.45, 2.75) is 78.1 Å². The summed E-state index contributed by atoms with van der Waals surface area (Å²) in [7, 11) is 13.2. The first kappa shape index (κ1) is 60.9. The Hall–Kier alpha value is -7.72. The summed E-state index contributed by atoms with van der Waals surface area (Å²) in [6, 6.07) is 19.7. The van der Waals surface area contributed by atoms with Crippen molar-refractivity contribution in [1.29, 1.82) is 0 Å². The van der Waals surface area contributed by atoms with Crippen molar-refractivity contribution in [2.24, 2.45) is 12.5 Å². The van der Waals surface area contributed by atoms with Crippen LogP contribution in [0.15, 0.2) is 96.8 Å². The minimum Gasteiger partial charge on any atom is -0.494 e. The van der Waals surface area contributed by atoms with Gasteiger partial charge in [-0.05, 0) is 69.2 Å². The molecule has 81 heavy (non-hydrogen) atoms. The zero-order valence-electron chi connectivity index (χ0n) is 48.6. The normalized spacial score (nSPS) is 14.9. The average Bonchev–Trinajstić information content (AvgIpc) is 4.38. The Balaban J connectivity index is 0.876. The van der Waals surface area contributed by atoms with E-state index in [1.54, 1.807) is 42.7 Å². The number of rotatable bonds is 25. The third-order valence-corrected chi connectivity index (χ3v) is 15.4. The second kappa shape index (κ2) is 27.6. The lowest BCUT2D eigenvalue weighted by Gasteiger charge is -2.35. The number of fused-ring (bicyclic) bond motifs is 1.